The van der Waals surface area contributed by atoms with E-state index in [-0.39, 0.29) is 12.4 Å². The van der Waals surface area contributed by atoms with Gasteiger partial charge in [0, 0.05) is 19.4 Å². The van der Waals surface area contributed by atoms with Crippen LogP contribution in [0.1, 0.15) is 13.8 Å². The van der Waals surface area contributed by atoms with Crippen molar-refractivity contribution in [3.8, 4) is 0 Å². The van der Waals surface area contributed by atoms with Gasteiger partial charge >= 0.3 is 11.9 Å². The summed E-state index contributed by atoms with van der Waals surface area (Å²) in [5.41, 5.74) is 0.458. The van der Waals surface area contributed by atoms with E-state index >= 15 is 0 Å². The Balaban J connectivity index is 2.10. The van der Waals surface area contributed by atoms with Gasteiger partial charge in [0.2, 0.25) is 0 Å². The predicted octanol–water partition coefficient (Wildman–Crippen LogP) is -0.242. The molecule has 17 heavy (non-hydrogen) atoms. The minimum atomic E-state index is -0.630. The van der Waals surface area contributed by atoms with Crippen molar-refractivity contribution < 1.29 is 28.6 Å². The first-order valence-corrected chi connectivity index (χ1v) is 5.19. The molecule has 6 nitrogen and oxygen atoms in total. The molecule has 2 aliphatic rings. The summed E-state index contributed by atoms with van der Waals surface area (Å²) in [6.45, 7) is 2.48. The van der Waals surface area contributed by atoms with E-state index < -0.39 is 30.3 Å². The standard InChI is InChI=1S/C11H12O6/c1-5(12)15-4-7-3-8(14)10-11(17-10)9(7)16-6(2)13/h3,9-11H,4H2,1-2H3/t9-,10+,11-/m0/s1. The molecule has 1 fully saturated rings. The molecule has 0 saturated carbocycles. The van der Waals surface area contributed by atoms with E-state index in [2.05, 4.69) is 0 Å². The smallest absolute Gasteiger partial charge is 0.303 e. The molecule has 0 spiro atoms. The summed E-state index contributed by atoms with van der Waals surface area (Å²) in [4.78, 5) is 33.1. The number of ether oxygens (including phenoxy) is 3. The maximum Gasteiger partial charge on any atom is 0.303 e. The van der Waals surface area contributed by atoms with Crippen LogP contribution in [-0.2, 0) is 28.6 Å². The molecule has 0 aromatic heterocycles. The third-order valence-corrected chi connectivity index (χ3v) is 2.53. The molecule has 1 aliphatic heterocycles. The van der Waals surface area contributed by atoms with Crippen LogP contribution in [0.15, 0.2) is 11.6 Å². The largest absolute Gasteiger partial charge is 0.461 e. The van der Waals surface area contributed by atoms with Gasteiger partial charge in [0.05, 0.1) is 0 Å². The van der Waals surface area contributed by atoms with Crippen LogP contribution in [0.2, 0.25) is 0 Å². The lowest BCUT2D eigenvalue weighted by atomic mass is 9.96. The van der Waals surface area contributed by atoms with E-state index in [9.17, 15) is 14.4 Å². The van der Waals surface area contributed by atoms with Crippen LogP contribution in [-0.4, -0.2) is 42.6 Å². The monoisotopic (exact) mass is 240 g/mol. The molecule has 0 bridgehead atoms. The van der Waals surface area contributed by atoms with Crippen molar-refractivity contribution in [2.75, 3.05) is 6.61 Å². The van der Waals surface area contributed by atoms with Gasteiger partial charge < -0.3 is 14.2 Å². The molecule has 1 aliphatic carbocycles. The molecule has 3 atom stereocenters. The third-order valence-electron chi connectivity index (χ3n) is 2.53. The summed E-state index contributed by atoms with van der Waals surface area (Å²) in [5.74, 6) is -1.10. The molecular weight excluding hydrogens is 228 g/mol. The minimum absolute atomic E-state index is 0.0639. The SMILES string of the molecule is CC(=O)OCC1=CC(=O)[C@H]2O[C@H]2[C@H]1OC(C)=O. The van der Waals surface area contributed by atoms with Gasteiger partial charge in [-0.2, -0.15) is 0 Å². The van der Waals surface area contributed by atoms with Gasteiger partial charge in [0.15, 0.2) is 18.0 Å². The molecule has 0 N–H and O–H groups in total. The van der Waals surface area contributed by atoms with Crippen molar-refractivity contribution in [2.24, 2.45) is 0 Å². The number of esters is 2. The van der Waals surface area contributed by atoms with Crippen LogP contribution in [0.5, 0.6) is 0 Å². The van der Waals surface area contributed by atoms with Gasteiger partial charge in [0.1, 0.15) is 12.7 Å². The number of ketones is 1. The molecule has 2 rings (SSSR count). The summed E-state index contributed by atoms with van der Waals surface area (Å²) in [6.07, 6.45) is -0.248. The molecule has 0 aromatic rings. The number of fused-ring (bicyclic) bond motifs is 1. The number of rotatable bonds is 3. The molecule has 1 heterocycles. The first-order valence-electron chi connectivity index (χ1n) is 5.19. The topological polar surface area (TPSA) is 82.2 Å². The summed E-state index contributed by atoms with van der Waals surface area (Å²) < 4.78 is 15.0. The first kappa shape index (κ1) is 11.8. The molecule has 0 radical (unpaired) electrons. The van der Waals surface area contributed by atoms with Crippen LogP contribution in [0.3, 0.4) is 0 Å². The minimum Gasteiger partial charge on any atom is -0.461 e. The zero-order chi connectivity index (χ0) is 12.6. The van der Waals surface area contributed by atoms with Crippen molar-refractivity contribution in [3.05, 3.63) is 11.6 Å². The molecular formula is C11H12O6. The van der Waals surface area contributed by atoms with Gasteiger partial charge in [-0.05, 0) is 6.08 Å². The Morgan fingerprint density at radius 1 is 1.35 bits per heavy atom. The molecule has 1 saturated heterocycles. The Kier molecular flexibility index (Phi) is 2.97. The second-order valence-corrected chi connectivity index (χ2v) is 3.95. The summed E-state index contributed by atoms with van der Waals surface area (Å²) in [7, 11) is 0. The zero-order valence-corrected chi connectivity index (χ0v) is 9.47. The van der Waals surface area contributed by atoms with E-state index in [0.717, 1.165) is 0 Å². The van der Waals surface area contributed by atoms with Crippen molar-refractivity contribution in [1.29, 1.82) is 0 Å². The van der Waals surface area contributed by atoms with Crippen LogP contribution in [0.4, 0.5) is 0 Å². The number of epoxide rings is 1. The highest BCUT2D eigenvalue weighted by atomic mass is 16.6. The maximum absolute atomic E-state index is 11.4. The van der Waals surface area contributed by atoms with Gasteiger partial charge in [-0.25, -0.2) is 0 Å². The number of hydrogen-bond donors (Lipinski definition) is 0. The lowest BCUT2D eigenvalue weighted by Gasteiger charge is -2.20. The molecule has 6 heteroatoms. The average Bonchev–Trinajstić information content (AvgIpc) is 2.99. The Morgan fingerprint density at radius 3 is 2.65 bits per heavy atom. The third kappa shape index (κ3) is 2.52. The van der Waals surface area contributed by atoms with Gasteiger partial charge in [-0.1, -0.05) is 0 Å². The van der Waals surface area contributed by atoms with Crippen LogP contribution in [0, 0.1) is 0 Å². The highest BCUT2D eigenvalue weighted by Crippen LogP contribution is 2.36. The average molecular weight is 240 g/mol. The highest BCUT2D eigenvalue weighted by Gasteiger charge is 2.55. The van der Waals surface area contributed by atoms with Crippen LogP contribution >= 0.6 is 0 Å². The Morgan fingerprint density at radius 2 is 2.06 bits per heavy atom. The second-order valence-electron chi connectivity index (χ2n) is 3.95. The number of carbonyl (C=O) groups is 3. The fourth-order valence-corrected chi connectivity index (χ4v) is 1.77. The number of carbonyl (C=O) groups excluding carboxylic acids is 3. The van der Waals surface area contributed by atoms with E-state index in [1.807, 2.05) is 0 Å². The van der Waals surface area contributed by atoms with Gasteiger partial charge in [0.25, 0.3) is 0 Å². The lowest BCUT2D eigenvalue weighted by molar-refractivity contribution is -0.146. The quantitative estimate of drug-likeness (QED) is 0.500. The Bertz CT molecular complexity index is 410. The summed E-state index contributed by atoms with van der Waals surface area (Å²) in [6, 6.07) is 0. The molecule has 92 valence electrons. The Hall–Kier alpha value is -1.69. The lowest BCUT2D eigenvalue weighted by Crippen LogP contribution is -2.34. The van der Waals surface area contributed by atoms with Gasteiger partial charge in [-0.3, -0.25) is 14.4 Å². The van der Waals surface area contributed by atoms with E-state index in [1.54, 1.807) is 0 Å². The molecule has 0 aromatic carbocycles. The second kappa shape index (κ2) is 4.29. The van der Waals surface area contributed by atoms with E-state index in [1.165, 1.54) is 19.9 Å². The van der Waals surface area contributed by atoms with E-state index in [0.29, 0.717) is 5.57 Å². The van der Waals surface area contributed by atoms with Crippen molar-refractivity contribution in [1.82, 2.24) is 0 Å². The normalized spacial score (nSPS) is 30.1. The fourth-order valence-electron chi connectivity index (χ4n) is 1.77. The predicted molar refractivity (Wildman–Crippen MR) is 53.9 cm³/mol. The van der Waals surface area contributed by atoms with E-state index in [4.69, 9.17) is 14.2 Å². The maximum atomic E-state index is 11.4. The molecule has 0 amide bonds. The fraction of sp³-hybridized carbons (Fsp3) is 0.545. The highest BCUT2D eigenvalue weighted by molar-refractivity contribution is 5.98. The van der Waals surface area contributed by atoms with Gasteiger partial charge in [-0.15, -0.1) is 0 Å². The van der Waals surface area contributed by atoms with Crippen molar-refractivity contribution >= 4 is 17.7 Å². The Labute approximate surface area is 97.5 Å². The van der Waals surface area contributed by atoms with Crippen molar-refractivity contribution in [2.45, 2.75) is 32.2 Å². The summed E-state index contributed by atoms with van der Waals surface area (Å²) >= 11 is 0. The first-order chi connectivity index (χ1) is 7.99. The van der Waals surface area contributed by atoms with Crippen LogP contribution < -0.4 is 0 Å². The summed E-state index contributed by atoms with van der Waals surface area (Å²) in [5, 5.41) is 0. The number of hydrogen-bond acceptors (Lipinski definition) is 6. The zero-order valence-electron chi connectivity index (χ0n) is 9.47. The molecule has 0 unspecified atom stereocenters. The van der Waals surface area contributed by atoms with Crippen molar-refractivity contribution in [3.63, 3.8) is 0 Å². The van der Waals surface area contributed by atoms with Crippen LogP contribution in [0.25, 0.3) is 0 Å².